The van der Waals surface area contributed by atoms with Crippen molar-refractivity contribution in [3.05, 3.63) is 61.7 Å². The third-order valence-electron chi connectivity index (χ3n) is 3.33. The fourth-order valence-electron chi connectivity index (χ4n) is 1.89. The molecule has 5 nitrogen and oxygen atoms in total. The molecule has 2 rings (SSSR count). The van der Waals surface area contributed by atoms with Crippen molar-refractivity contribution in [3.63, 3.8) is 0 Å². The molecule has 0 aliphatic rings. The number of nitrogens with one attached hydrogen (secondary N) is 1. The monoisotopic (exact) mass is 339 g/mol. The number of amides is 1. The summed E-state index contributed by atoms with van der Waals surface area (Å²) in [5, 5.41) is 3.47. The Morgan fingerprint density at radius 1 is 1.32 bits per heavy atom. The first-order valence-corrected chi connectivity index (χ1v) is 7.41. The van der Waals surface area contributed by atoms with Gasteiger partial charge in [0.05, 0.1) is 16.9 Å². The minimum Gasteiger partial charge on any atom is -0.350 e. The average molecular weight is 340 g/mol. The van der Waals surface area contributed by atoms with Crippen LogP contribution in [-0.2, 0) is 6.54 Å². The number of benzene rings is 1. The quantitative estimate of drug-likeness (QED) is 0.931. The van der Waals surface area contributed by atoms with E-state index in [1.807, 2.05) is 0 Å². The van der Waals surface area contributed by atoms with Crippen molar-refractivity contribution in [2.45, 2.75) is 20.4 Å². The van der Waals surface area contributed by atoms with Crippen molar-refractivity contribution >= 4 is 29.1 Å². The van der Waals surface area contributed by atoms with Crippen LogP contribution in [0.3, 0.4) is 0 Å². The number of aromatic nitrogens is 2. The maximum absolute atomic E-state index is 12.1. The van der Waals surface area contributed by atoms with Crippen LogP contribution in [0.4, 0.5) is 0 Å². The molecule has 2 aromatic rings. The molecule has 0 saturated carbocycles. The van der Waals surface area contributed by atoms with Crippen molar-refractivity contribution in [2.75, 3.05) is 6.54 Å². The summed E-state index contributed by atoms with van der Waals surface area (Å²) in [6.07, 6.45) is 1.48. The van der Waals surface area contributed by atoms with Gasteiger partial charge in [-0.2, -0.15) is 0 Å². The SMILES string of the molecule is Cc1ncn(CCNC(=O)c2cc(Cl)ccc2Cl)c(=O)c1C. The van der Waals surface area contributed by atoms with Gasteiger partial charge in [-0.05, 0) is 32.0 Å². The van der Waals surface area contributed by atoms with E-state index >= 15 is 0 Å². The minimum absolute atomic E-state index is 0.109. The molecule has 0 radical (unpaired) electrons. The second-order valence-corrected chi connectivity index (χ2v) is 5.68. The summed E-state index contributed by atoms with van der Waals surface area (Å²) >= 11 is 11.8. The molecule has 1 aromatic heterocycles. The highest BCUT2D eigenvalue weighted by molar-refractivity contribution is 6.35. The highest BCUT2D eigenvalue weighted by atomic mass is 35.5. The second kappa shape index (κ2) is 6.94. The van der Waals surface area contributed by atoms with Gasteiger partial charge < -0.3 is 5.32 Å². The number of aryl methyl sites for hydroxylation is 1. The standard InChI is InChI=1S/C15H15Cl2N3O2/c1-9-10(2)19-8-20(15(9)22)6-5-18-14(21)12-7-11(16)3-4-13(12)17/h3-4,7-8H,5-6H2,1-2H3,(H,18,21). The van der Waals surface area contributed by atoms with E-state index < -0.39 is 0 Å². The zero-order valence-electron chi connectivity index (χ0n) is 12.2. The van der Waals surface area contributed by atoms with Gasteiger partial charge in [0.2, 0.25) is 0 Å². The van der Waals surface area contributed by atoms with E-state index in [2.05, 4.69) is 10.3 Å². The van der Waals surface area contributed by atoms with E-state index in [9.17, 15) is 9.59 Å². The van der Waals surface area contributed by atoms with Gasteiger partial charge in [0, 0.05) is 29.4 Å². The zero-order chi connectivity index (χ0) is 16.3. The smallest absolute Gasteiger partial charge is 0.256 e. The Kier molecular flexibility index (Phi) is 5.21. The fraction of sp³-hybridized carbons (Fsp3) is 0.267. The van der Waals surface area contributed by atoms with Gasteiger partial charge in [-0.3, -0.25) is 14.2 Å². The molecule has 0 fully saturated rings. The molecule has 0 aliphatic carbocycles. The molecule has 0 spiro atoms. The van der Waals surface area contributed by atoms with Crippen molar-refractivity contribution in [1.29, 1.82) is 0 Å². The zero-order valence-corrected chi connectivity index (χ0v) is 13.7. The van der Waals surface area contributed by atoms with Crippen LogP contribution in [0.2, 0.25) is 10.0 Å². The molecule has 116 valence electrons. The fourth-order valence-corrected chi connectivity index (χ4v) is 2.27. The number of hydrogen-bond acceptors (Lipinski definition) is 3. The molecule has 0 atom stereocenters. The summed E-state index contributed by atoms with van der Waals surface area (Å²) in [6.45, 7) is 4.12. The van der Waals surface area contributed by atoms with Gasteiger partial charge in [0.25, 0.3) is 11.5 Å². The third-order valence-corrected chi connectivity index (χ3v) is 3.89. The summed E-state index contributed by atoms with van der Waals surface area (Å²) in [5.74, 6) is -0.336. The van der Waals surface area contributed by atoms with Crippen molar-refractivity contribution in [2.24, 2.45) is 0 Å². The molecule has 0 bridgehead atoms. The molecular weight excluding hydrogens is 325 g/mol. The molecule has 1 amide bonds. The summed E-state index contributed by atoms with van der Waals surface area (Å²) in [7, 11) is 0. The lowest BCUT2D eigenvalue weighted by atomic mass is 10.2. The van der Waals surface area contributed by atoms with Crippen molar-refractivity contribution < 1.29 is 4.79 Å². The molecular formula is C15H15Cl2N3O2. The summed E-state index contributed by atoms with van der Waals surface area (Å²) in [6, 6.07) is 4.68. The lowest BCUT2D eigenvalue weighted by molar-refractivity contribution is 0.0952. The van der Waals surface area contributed by atoms with E-state index in [4.69, 9.17) is 23.2 Å². The van der Waals surface area contributed by atoms with Gasteiger partial charge in [-0.15, -0.1) is 0 Å². The number of carbonyl (C=O) groups excluding carboxylic acids is 1. The van der Waals surface area contributed by atoms with Crippen molar-refractivity contribution in [1.82, 2.24) is 14.9 Å². The van der Waals surface area contributed by atoms with Crippen LogP contribution < -0.4 is 10.9 Å². The normalized spacial score (nSPS) is 10.5. The first-order chi connectivity index (χ1) is 10.4. The number of nitrogens with zero attached hydrogens (tertiary/aromatic N) is 2. The van der Waals surface area contributed by atoms with Crippen LogP contribution in [0.5, 0.6) is 0 Å². The Morgan fingerprint density at radius 3 is 2.77 bits per heavy atom. The molecule has 1 N–H and O–H groups in total. The van der Waals surface area contributed by atoms with Crippen LogP contribution in [0, 0.1) is 13.8 Å². The van der Waals surface area contributed by atoms with Gasteiger partial charge in [0.1, 0.15) is 0 Å². The van der Waals surface area contributed by atoms with Crippen molar-refractivity contribution in [3.8, 4) is 0 Å². The Labute approximate surface area is 137 Å². The summed E-state index contributed by atoms with van der Waals surface area (Å²) < 4.78 is 1.46. The van der Waals surface area contributed by atoms with Gasteiger partial charge in [0.15, 0.2) is 0 Å². The third kappa shape index (κ3) is 3.67. The number of hydrogen-bond donors (Lipinski definition) is 1. The lowest BCUT2D eigenvalue weighted by Crippen LogP contribution is -2.32. The molecule has 22 heavy (non-hydrogen) atoms. The van der Waals surface area contributed by atoms with E-state index in [-0.39, 0.29) is 18.0 Å². The Bertz CT molecular complexity index is 772. The predicted molar refractivity (Wildman–Crippen MR) is 86.8 cm³/mol. The Hall–Kier alpha value is -1.85. The molecule has 1 aromatic carbocycles. The topological polar surface area (TPSA) is 64.0 Å². The molecule has 7 heteroatoms. The van der Waals surface area contributed by atoms with Crippen LogP contribution in [0.1, 0.15) is 21.6 Å². The summed E-state index contributed by atoms with van der Waals surface area (Å²) in [4.78, 5) is 28.2. The van der Waals surface area contributed by atoms with E-state index in [0.29, 0.717) is 33.4 Å². The molecule has 0 unspecified atom stereocenters. The second-order valence-electron chi connectivity index (χ2n) is 4.83. The first-order valence-electron chi connectivity index (χ1n) is 6.66. The van der Waals surface area contributed by atoms with Gasteiger partial charge in [-0.1, -0.05) is 23.2 Å². The number of rotatable bonds is 4. The average Bonchev–Trinajstić information content (AvgIpc) is 2.49. The number of carbonyl (C=O) groups is 1. The maximum Gasteiger partial charge on any atom is 0.256 e. The largest absolute Gasteiger partial charge is 0.350 e. The molecule has 1 heterocycles. The molecule has 0 aliphatic heterocycles. The summed E-state index contributed by atoms with van der Waals surface area (Å²) in [5.41, 5.74) is 1.50. The Morgan fingerprint density at radius 2 is 2.05 bits per heavy atom. The van der Waals surface area contributed by atoms with E-state index in [0.717, 1.165) is 0 Å². The van der Waals surface area contributed by atoms with E-state index in [1.54, 1.807) is 26.0 Å². The first kappa shape index (κ1) is 16.5. The van der Waals surface area contributed by atoms with Crippen LogP contribution in [-0.4, -0.2) is 22.0 Å². The highest BCUT2D eigenvalue weighted by Crippen LogP contribution is 2.20. The highest BCUT2D eigenvalue weighted by Gasteiger charge is 2.11. The van der Waals surface area contributed by atoms with Crippen LogP contribution in [0.25, 0.3) is 0 Å². The minimum atomic E-state index is -0.336. The lowest BCUT2D eigenvalue weighted by Gasteiger charge is -2.10. The maximum atomic E-state index is 12.1. The Balaban J connectivity index is 2.02. The van der Waals surface area contributed by atoms with E-state index in [1.165, 1.54) is 17.0 Å². The number of halogens is 2. The molecule has 0 saturated heterocycles. The van der Waals surface area contributed by atoms with Gasteiger partial charge in [-0.25, -0.2) is 4.98 Å². The van der Waals surface area contributed by atoms with Crippen LogP contribution in [0.15, 0.2) is 29.3 Å². The van der Waals surface area contributed by atoms with Crippen LogP contribution >= 0.6 is 23.2 Å². The van der Waals surface area contributed by atoms with Gasteiger partial charge >= 0.3 is 0 Å². The predicted octanol–water partition coefficient (Wildman–Crippen LogP) is 2.60.